The van der Waals surface area contributed by atoms with Crippen molar-refractivity contribution in [3.05, 3.63) is 23.5 Å². The fourth-order valence-corrected chi connectivity index (χ4v) is 1.62. The first-order valence-electron chi connectivity index (χ1n) is 5.17. The molecule has 1 aromatic rings. The largest absolute Gasteiger partial charge is 0.489 e. The van der Waals surface area contributed by atoms with Crippen LogP contribution in [0.4, 0.5) is 4.39 Å². The van der Waals surface area contributed by atoms with Crippen LogP contribution in [0.3, 0.4) is 0 Å². The molecule has 6 heteroatoms. The zero-order valence-corrected chi connectivity index (χ0v) is 8.98. The van der Waals surface area contributed by atoms with Gasteiger partial charge in [0.25, 0.3) is 0 Å². The molecule has 0 spiro atoms. The Balaban J connectivity index is 2.50. The third-order valence-corrected chi connectivity index (χ3v) is 2.48. The first-order chi connectivity index (χ1) is 8.11. The van der Waals surface area contributed by atoms with Gasteiger partial charge in [-0.2, -0.15) is 0 Å². The summed E-state index contributed by atoms with van der Waals surface area (Å²) >= 11 is 0. The number of hydrogen-bond donors (Lipinski definition) is 2. The number of nitrogens with two attached hydrogens (primary N) is 1. The van der Waals surface area contributed by atoms with Gasteiger partial charge in [0.1, 0.15) is 6.04 Å². The van der Waals surface area contributed by atoms with Crippen LogP contribution in [0.2, 0.25) is 0 Å². The van der Waals surface area contributed by atoms with Crippen molar-refractivity contribution in [3.63, 3.8) is 0 Å². The van der Waals surface area contributed by atoms with Crippen LogP contribution in [0.1, 0.15) is 18.0 Å². The zero-order valence-electron chi connectivity index (χ0n) is 8.98. The summed E-state index contributed by atoms with van der Waals surface area (Å²) in [6.07, 6.45) is 0.607. The molecule has 0 amide bonds. The second kappa shape index (κ2) is 4.58. The molecular formula is C11H12FNO4. The average Bonchev–Trinajstić information content (AvgIpc) is 2.54. The van der Waals surface area contributed by atoms with Gasteiger partial charge in [0.2, 0.25) is 0 Å². The smallest absolute Gasteiger partial charge is 0.325 e. The van der Waals surface area contributed by atoms with E-state index in [0.717, 1.165) is 6.07 Å². The number of hydrogen-bond acceptors (Lipinski definition) is 4. The van der Waals surface area contributed by atoms with E-state index >= 15 is 0 Å². The van der Waals surface area contributed by atoms with Crippen LogP contribution >= 0.6 is 0 Å². The predicted octanol–water partition coefficient (Wildman–Crippen LogP) is 1.07. The van der Waals surface area contributed by atoms with Crippen LogP contribution in [-0.2, 0) is 4.79 Å². The fraction of sp³-hybridized carbons (Fsp3) is 0.364. The van der Waals surface area contributed by atoms with Crippen molar-refractivity contribution in [1.82, 2.24) is 0 Å². The minimum atomic E-state index is -1.26. The molecule has 2 rings (SSSR count). The van der Waals surface area contributed by atoms with Crippen molar-refractivity contribution in [2.75, 3.05) is 13.2 Å². The lowest BCUT2D eigenvalue weighted by molar-refractivity contribution is -0.138. The molecule has 92 valence electrons. The van der Waals surface area contributed by atoms with E-state index in [0.29, 0.717) is 19.6 Å². The van der Waals surface area contributed by atoms with Gasteiger partial charge in [-0.3, -0.25) is 4.79 Å². The summed E-state index contributed by atoms with van der Waals surface area (Å²) in [5.74, 6) is -1.75. The van der Waals surface area contributed by atoms with E-state index in [9.17, 15) is 9.18 Å². The fourth-order valence-electron chi connectivity index (χ4n) is 1.62. The summed E-state index contributed by atoms with van der Waals surface area (Å²) in [7, 11) is 0. The van der Waals surface area contributed by atoms with Gasteiger partial charge in [0.15, 0.2) is 17.3 Å². The summed E-state index contributed by atoms with van der Waals surface area (Å²) in [6.45, 7) is 0.672. The average molecular weight is 241 g/mol. The van der Waals surface area contributed by atoms with Gasteiger partial charge in [0, 0.05) is 12.0 Å². The predicted molar refractivity (Wildman–Crippen MR) is 56.6 cm³/mol. The summed E-state index contributed by atoms with van der Waals surface area (Å²) < 4.78 is 24.0. The SMILES string of the molecule is NC(C(=O)O)c1ccc(F)c2c1OCCCO2. The Morgan fingerprint density at radius 2 is 2.00 bits per heavy atom. The number of carboxylic acids is 1. The van der Waals surface area contributed by atoms with Gasteiger partial charge >= 0.3 is 5.97 Å². The van der Waals surface area contributed by atoms with Crippen LogP contribution < -0.4 is 15.2 Å². The second-order valence-corrected chi connectivity index (χ2v) is 3.66. The minimum Gasteiger partial charge on any atom is -0.489 e. The minimum absolute atomic E-state index is 0.0586. The van der Waals surface area contributed by atoms with Gasteiger partial charge in [-0.15, -0.1) is 0 Å². The lowest BCUT2D eigenvalue weighted by atomic mass is 10.1. The number of rotatable bonds is 2. The number of carbonyl (C=O) groups is 1. The normalized spacial score (nSPS) is 16.1. The van der Waals surface area contributed by atoms with Crippen LogP contribution in [0.15, 0.2) is 12.1 Å². The van der Waals surface area contributed by atoms with Crippen LogP contribution in [0.25, 0.3) is 0 Å². The van der Waals surface area contributed by atoms with Crippen molar-refractivity contribution in [3.8, 4) is 11.5 Å². The van der Waals surface area contributed by atoms with Crippen molar-refractivity contribution in [1.29, 1.82) is 0 Å². The maximum atomic E-state index is 13.5. The summed E-state index contributed by atoms with van der Waals surface area (Å²) in [5, 5.41) is 8.86. The van der Waals surface area contributed by atoms with Crippen molar-refractivity contribution < 1.29 is 23.8 Å². The lowest BCUT2D eigenvalue weighted by Gasteiger charge is -2.15. The van der Waals surface area contributed by atoms with Crippen molar-refractivity contribution >= 4 is 5.97 Å². The molecule has 17 heavy (non-hydrogen) atoms. The first-order valence-corrected chi connectivity index (χ1v) is 5.17. The van der Waals surface area contributed by atoms with E-state index in [1.807, 2.05) is 0 Å². The van der Waals surface area contributed by atoms with Gasteiger partial charge < -0.3 is 20.3 Å². The molecule has 0 saturated carbocycles. The Kier molecular flexibility index (Phi) is 3.14. The van der Waals surface area contributed by atoms with Gasteiger partial charge in [0.05, 0.1) is 13.2 Å². The molecule has 0 bridgehead atoms. The van der Waals surface area contributed by atoms with Gasteiger partial charge in [-0.25, -0.2) is 4.39 Å². The first kappa shape index (κ1) is 11.7. The molecule has 1 aromatic carbocycles. The Morgan fingerprint density at radius 1 is 1.35 bits per heavy atom. The Labute approximate surface area is 96.9 Å². The molecular weight excluding hydrogens is 229 g/mol. The summed E-state index contributed by atoms with van der Waals surface area (Å²) in [4.78, 5) is 10.8. The highest BCUT2D eigenvalue weighted by atomic mass is 19.1. The summed E-state index contributed by atoms with van der Waals surface area (Å²) in [6, 6.07) is 1.18. The highest BCUT2D eigenvalue weighted by Gasteiger charge is 2.25. The van der Waals surface area contributed by atoms with E-state index < -0.39 is 17.8 Å². The number of fused-ring (bicyclic) bond motifs is 1. The Hall–Kier alpha value is -1.82. The lowest BCUT2D eigenvalue weighted by Crippen LogP contribution is -2.21. The molecule has 0 saturated heterocycles. The molecule has 1 aliphatic rings. The monoisotopic (exact) mass is 241 g/mol. The quantitative estimate of drug-likeness (QED) is 0.809. The highest BCUT2D eigenvalue weighted by Crippen LogP contribution is 2.38. The van der Waals surface area contributed by atoms with Crippen molar-refractivity contribution in [2.45, 2.75) is 12.5 Å². The van der Waals surface area contributed by atoms with E-state index in [1.54, 1.807) is 0 Å². The van der Waals surface area contributed by atoms with Crippen LogP contribution in [0.5, 0.6) is 11.5 Å². The third-order valence-electron chi connectivity index (χ3n) is 2.48. The topological polar surface area (TPSA) is 81.8 Å². The number of ether oxygens (including phenoxy) is 2. The Morgan fingerprint density at radius 3 is 2.65 bits per heavy atom. The van der Waals surface area contributed by atoms with Crippen LogP contribution in [-0.4, -0.2) is 24.3 Å². The molecule has 5 nitrogen and oxygen atoms in total. The molecule has 3 N–H and O–H groups in total. The number of halogens is 1. The third kappa shape index (κ3) is 2.16. The molecule has 0 aromatic heterocycles. The number of aliphatic carboxylic acids is 1. The maximum absolute atomic E-state index is 13.5. The molecule has 1 heterocycles. The molecule has 0 aliphatic carbocycles. The van der Waals surface area contributed by atoms with E-state index in [-0.39, 0.29) is 17.1 Å². The standard InChI is InChI=1S/C11H12FNO4/c12-7-3-2-6(8(13)11(14)15)9-10(7)17-5-1-4-16-9/h2-3,8H,1,4-5,13H2,(H,14,15). The van der Waals surface area contributed by atoms with E-state index in [2.05, 4.69) is 0 Å². The highest BCUT2D eigenvalue weighted by molar-refractivity contribution is 5.77. The van der Waals surface area contributed by atoms with Crippen molar-refractivity contribution in [2.24, 2.45) is 5.73 Å². The zero-order chi connectivity index (χ0) is 12.4. The van der Waals surface area contributed by atoms with Gasteiger partial charge in [-0.1, -0.05) is 0 Å². The van der Waals surface area contributed by atoms with Gasteiger partial charge in [-0.05, 0) is 12.1 Å². The van der Waals surface area contributed by atoms with Crippen LogP contribution in [0, 0.1) is 5.82 Å². The van der Waals surface area contributed by atoms with E-state index in [4.69, 9.17) is 20.3 Å². The molecule has 0 fully saturated rings. The maximum Gasteiger partial charge on any atom is 0.325 e. The summed E-state index contributed by atoms with van der Waals surface area (Å²) in [5.41, 5.74) is 5.72. The molecule has 1 aliphatic heterocycles. The Bertz CT molecular complexity index is 449. The molecule has 0 radical (unpaired) electrons. The molecule has 1 atom stereocenters. The second-order valence-electron chi connectivity index (χ2n) is 3.66. The molecule has 1 unspecified atom stereocenters. The van der Waals surface area contributed by atoms with E-state index in [1.165, 1.54) is 6.07 Å². The number of benzene rings is 1. The number of carboxylic acid groups (broad SMARTS) is 1.